The van der Waals surface area contributed by atoms with Crippen LogP contribution >= 0.6 is 0 Å². The maximum absolute atomic E-state index is 12.4. The van der Waals surface area contributed by atoms with Crippen molar-refractivity contribution in [3.05, 3.63) is 56.6 Å². The van der Waals surface area contributed by atoms with E-state index in [0.717, 1.165) is 22.0 Å². The number of nitrogens with one attached hydrogen (secondary N) is 3. The van der Waals surface area contributed by atoms with Crippen molar-refractivity contribution >= 4 is 20.9 Å². The predicted molar refractivity (Wildman–Crippen MR) is 101 cm³/mol. The average molecular weight is 374 g/mol. The molecule has 0 aliphatic rings. The number of aryl methyl sites for hydroxylation is 4. The number of aromatic nitrogens is 3. The summed E-state index contributed by atoms with van der Waals surface area (Å²) in [5.74, 6) is 0. The van der Waals surface area contributed by atoms with Crippen molar-refractivity contribution in [3.63, 3.8) is 0 Å². The highest BCUT2D eigenvalue weighted by molar-refractivity contribution is 7.89. The zero-order valence-corrected chi connectivity index (χ0v) is 16.0. The molecule has 2 heterocycles. The maximum atomic E-state index is 12.4. The van der Waals surface area contributed by atoms with Gasteiger partial charge in [-0.3, -0.25) is 9.89 Å². The minimum atomic E-state index is -3.67. The van der Waals surface area contributed by atoms with Gasteiger partial charge in [-0.1, -0.05) is 12.1 Å². The lowest BCUT2D eigenvalue weighted by atomic mass is 10.0. The highest BCUT2D eigenvalue weighted by Gasteiger charge is 2.21. The summed E-state index contributed by atoms with van der Waals surface area (Å²) in [4.78, 5) is 15.4. The molecule has 26 heavy (non-hydrogen) atoms. The molecule has 0 fully saturated rings. The Bertz CT molecular complexity index is 1120. The molecule has 0 aliphatic heterocycles. The summed E-state index contributed by atoms with van der Waals surface area (Å²) in [7, 11) is -3.67. The van der Waals surface area contributed by atoms with Crippen LogP contribution in [0.4, 0.5) is 0 Å². The van der Waals surface area contributed by atoms with Crippen LogP contribution < -0.4 is 10.3 Å². The van der Waals surface area contributed by atoms with Crippen molar-refractivity contribution in [2.24, 2.45) is 0 Å². The standard InChI is InChI=1S/C18H22N4O3S/c1-10-5-6-14-9-15(18(23)20-16(14)11(10)2)7-8-19-26(24,25)17-12(3)21-22-13(17)4/h5-6,9,19H,7-8H2,1-4H3,(H,20,23)(H,21,22). The third kappa shape index (κ3) is 3.30. The summed E-state index contributed by atoms with van der Waals surface area (Å²) in [6, 6.07) is 5.79. The van der Waals surface area contributed by atoms with E-state index in [-0.39, 0.29) is 17.0 Å². The molecule has 1 aromatic carbocycles. The summed E-state index contributed by atoms with van der Waals surface area (Å²) < 4.78 is 27.4. The summed E-state index contributed by atoms with van der Waals surface area (Å²) in [6.45, 7) is 7.39. The Hall–Kier alpha value is -2.45. The van der Waals surface area contributed by atoms with Crippen LogP contribution in [0.5, 0.6) is 0 Å². The van der Waals surface area contributed by atoms with Crippen LogP contribution in [-0.2, 0) is 16.4 Å². The molecule has 0 amide bonds. The van der Waals surface area contributed by atoms with Gasteiger partial charge in [-0.15, -0.1) is 0 Å². The molecule has 0 saturated heterocycles. The highest BCUT2D eigenvalue weighted by Crippen LogP contribution is 2.19. The van der Waals surface area contributed by atoms with Crippen molar-refractivity contribution in [2.45, 2.75) is 39.0 Å². The van der Waals surface area contributed by atoms with Gasteiger partial charge in [0, 0.05) is 12.1 Å². The molecule has 2 aromatic heterocycles. The van der Waals surface area contributed by atoms with Crippen molar-refractivity contribution in [1.29, 1.82) is 0 Å². The molecule has 0 aliphatic carbocycles. The van der Waals surface area contributed by atoms with E-state index in [4.69, 9.17) is 0 Å². The van der Waals surface area contributed by atoms with Gasteiger partial charge in [0.15, 0.2) is 0 Å². The monoisotopic (exact) mass is 374 g/mol. The second kappa shape index (κ2) is 6.69. The first kappa shape index (κ1) is 18.3. The van der Waals surface area contributed by atoms with E-state index in [1.54, 1.807) is 13.8 Å². The molecule has 3 rings (SSSR count). The van der Waals surface area contributed by atoms with Crippen LogP contribution in [0.1, 0.15) is 28.1 Å². The first-order chi connectivity index (χ1) is 12.2. The normalized spacial score (nSPS) is 12.0. The van der Waals surface area contributed by atoms with Gasteiger partial charge in [0.1, 0.15) is 4.90 Å². The SMILES string of the molecule is Cc1ccc2cc(CCNS(=O)(=O)c3c(C)n[nH]c3C)c(=O)[nH]c2c1C. The number of aromatic amines is 2. The van der Waals surface area contributed by atoms with E-state index in [0.29, 0.717) is 23.4 Å². The van der Waals surface area contributed by atoms with E-state index in [9.17, 15) is 13.2 Å². The molecular formula is C18H22N4O3S. The number of fused-ring (bicyclic) bond motifs is 1. The number of hydrogen-bond acceptors (Lipinski definition) is 4. The molecule has 0 bridgehead atoms. The Morgan fingerprint density at radius 3 is 2.54 bits per heavy atom. The van der Waals surface area contributed by atoms with Crippen LogP contribution in [0.15, 0.2) is 27.9 Å². The number of benzene rings is 1. The third-order valence-electron chi connectivity index (χ3n) is 4.64. The molecule has 0 spiro atoms. The van der Waals surface area contributed by atoms with Crippen molar-refractivity contribution in [2.75, 3.05) is 6.54 Å². The first-order valence-electron chi connectivity index (χ1n) is 8.34. The molecule has 7 nitrogen and oxygen atoms in total. The van der Waals surface area contributed by atoms with Crippen molar-refractivity contribution < 1.29 is 8.42 Å². The quantitative estimate of drug-likeness (QED) is 0.635. The lowest BCUT2D eigenvalue weighted by Gasteiger charge is -2.09. The van der Waals surface area contributed by atoms with Crippen LogP contribution in [-0.4, -0.2) is 30.1 Å². The smallest absolute Gasteiger partial charge is 0.251 e. The van der Waals surface area contributed by atoms with E-state index in [2.05, 4.69) is 19.9 Å². The van der Waals surface area contributed by atoms with Gasteiger partial charge in [-0.2, -0.15) is 5.10 Å². The molecule has 3 aromatic rings. The van der Waals surface area contributed by atoms with Gasteiger partial charge >= 0.3 is 0 Å². The maximum Gasteiger partial charge on any atom is 0.251 e. The summed E-state index contributed by atoms with van der Waals surface area (Å²) in [5, 5.41) is 7.52. The topological polar surface area (TPSA) is 108 Å². The Kier molecular flexibility index (Phi) is 4.72. The summed E-state index contributed by atoms with van der Waals surface area (Å²) >= 11 is 0. The minimum absolute atomic E-state index is 0.131. The number of sulfonamides is 1. The molecule has 0 radical (unpaired) electrons. The molecular weight excluding hydrogens is 352 g/mol. The fourth-order valence-electron chi connectivity index (χ4n) is 3.08. The minimum Gasteiger partial charge on any atom is -0.321 e. The summed E-state index contributed by atoms with van der Waals surface area (Å²) in [6.07, 6.45) is 0.299. The third-order valence-corrected chi connectivity index (χ3v) is 6.37. The van der Waals surface area contributed by atoms with Gasteiger partial charge in [0.2, 0.25) is 10.0 Å². The molecule has 138 valence electrons. The van der Waals surface area contributed by atoms with Gasteiger partial charge < -0.3 is 4.98 Å². The van der Waals surface area contributed by atoms with E-state index >= 15 is 0 Å². The zero-order chi connectivity index (χ0) is 19.1. The average Bonchev–Trinajstić information content (AvgIpc) is 2.92. The number of pyridine rings is 1. The molecule has 8 heteroatoms. The van der Waals surface area contributed by atoms with E-state index in [1.165, 1.54) is 0 Å². The summed E-state index contributed by atoms with van der Waals surface area (Å²) in [5.41, 5.74) is 4.24. The Morgan fingerprint density at radius 1 is 1.15 bits per heavy atom. The van der Waals surface area contributed by atoms with Crippen LogP contribution in [0.3, 0.4) is 0 Å². The van der Waals surface area contributed by atoms with E-state index < -0.39 is 10.0 Å². The Balaban J connectivity index is 1.81. The number of H-pyrrole nitrogens is 2. The second-order valence-corrected chi connectivity index (χ2v) is 8.21. The second-order valence-electron chi connectivity index (χ2n) is 6.51. The fraction of sp³-hybridized carbons (Fsp3) is 0.333. The highest BCUT2D eigenvalue weighted by atomic mass is 32.2. The van der Waals surface area contributed by atoms with Crippen LogP contribution in [0.25, 0.3) is 10.9 Å². The number of nitrogens with zero attached hydrogens (tertiary/aromatic N) is 1. The zero-order valence-electron chi connectivity index (χ0n) is 15.2. The molecule has 3 N–H and O–H groups in total. The first-order valence-corrected chi connectivity index (χ1v) is 9.82. The number of rotatable bonds is 5. The van der Waals surface area contributed by atoms with Crippen molar-refractivity contribution in [1.82, 2.24) is 19.9 Å². The van der Waals surface area contributed by atoms with Crippen LogP contribution in [0, 0.1) is 27.7 Å². The van der Waals surface area contributed by atoms with Gasteiger partial charge in [0.05, 0.1) is 16.9 Å². The van der Waals surface area contributed by atoms with Gasteiger partial charge in [0.25, 0.3) is 5.56 Å². The fourth-order valence-corrected chi connectivity index (χ4v) is 4.48. The molecule has 0 atom stereocenters. The van der Waals surface area contributed by atoms with Gasteiger partial charge in [-0.25, -0.2) is 13.1 Å². The molecule has 0 unspecified atom stereocenters. The predicted octanol–water partition coefficient (Wildman–Crippen LogP) is 2.01. The lowest BCUT2D eigenvalue weighted by Crippen LogP contribution is -2.28. The Labute approximate surface area is 151 Å². The van der Waals surface area contributed by atoms with E-state index in [1.807, 2.05) is 32.0 Å². The van der Waals surface area contributed by atoms with Gasteiger partial charge in [-0.05, 0) is 56.7 Å². The van der Waals surface area contributed by atoms with Crippen molar-refractivity contribution in [3.8, 4) is 0 Å². The number of hydrogen-bond donors (Lipinski definition) is 3. The lowest BCUT2D eigenvalue weighted by molar-refractivity contribution is 0.580. The largest absolute Gasteiger partial charge is 0.321 e. The molecule has 0 saturated carbocycles. The van der Waals surface area contributed by atoms with Crippen LogP contribution in [0.2, 0.25) is 0 Å². The Morgan fingerprint density at radius 2 is 1.88 bits per heavy atom.